The van der Waals surface area contributed by atoms with E-state index in [1.807, 2.05) is 0 Å². The third-order valence-electron chi connectivity index (χ3n) is 2.95. The van der Waals surface area contributed by atoms with Gasteiger partial charge in [0.25, 0.3) is 0 Å². The highest BCUT2D eigenvalue weighted by Crippen LogP contribution is 2.32. The van der Waals surface area contributed by atoms with Crippen molar-refractivity contribution in [2.45, 2.75) is 6.92 Å². The lowest BCUT2D eigenvalue weighted by Gasteiger charge is -2.14. The molecular formula is C15H16N2O4. The summed E-state index contributed by atoms with van der Waals surface area (Å²) in [6.07, 6.45) is 1.33. The molecule has 0 aliphatic rings. The van der Waals surface area contributed by atoms with Crippen molar-refractivity contribution in [3.63, 3.8) is 0 Å². The van der Waals surface area contributed by atoms with Crippen LogP contribution in [-0.2, 0) is 0 Å². The van der Waals surface area contributed by atoms with Gasteiger partial charge in [0.05, 0.1) is 25.6 Å². The van der Waals surface area contributed by atoms with Crippen LogP contribution in [0.25, 0.3) is 0 Å². The van der Waals surface area contributed by atoms with Crippen LogP contribution in [0.4, 0.5) is 11.4 Å². The normalized spacial score (nSPS) is 10.0. The number of aryl methyl sites for hydroxylation is 1. The summed E-state index contributed by atoms with van der Waals surface area (Å²) in [4.78, 5) is 15.2. The second kappa shape index (κ2) is 6.13. The first-order valence-electron chi connectivity index (χ1n) is 6.24. The second-order valence-corrected chi connectivity index (χ2v) is 4.37. The molecule has 0 fully saturated rings. The summed E-state index contributed by atoms with van der Waals surface area (Å²) in [5.74, 6) is 0.166. The zero-order chi connectivity index (χ0) is 15.4. The van der Waals surface area contributed by atoms with Crippen LogP contribution in [-0.4, -0.2) is 30.3 Å². The van der Waals surface area contributed by atoms with E-state index >= 15 is 0 Å². The fraction of sp³-hybridized carbons (Fsp3) is 0.200. The van der Waals surface area contributed by atoms with E-state index in [0.717, 1.165) is 5.69 Å². The van der Waals surface area contributed by atoms with Gasteiger partial charge in [-0.2, -0.15) is 0 Å². The summed E-state index contributed by atoms with van der Waals surface area (Å²) in [5.41, 5.74) is 1.92. The van der Waals surface area contributed by atoms with Crippen LogP contribution in [0.3, 0.4) is 0 Å². The summed E-state index contributed by atoms with van der Waals surface area (Å²) in [6.45, 7) is 1.79. The summed E-state index contributed by atoms with van der Waals surface area (Å²) in [7, 11) is 3.10. The molecule has 0 saturated carbocycles. The van der Waals surface area contributed by atoms with Crippen molar-refractivity contribution in [3.05, 3.63) is 41.7 Å². The summed E-state index contributed by atoms with van der Waals surface area (Å²) in [5, 5.41) is 12.3. The molecule has 0 bridgehead atoms. The Kier molecular flexibility index (Phi) is 4.27. The van der Waals surface area contributed by atoms with E-state index in [-0.39, 0.29) is 5.56 Å². The lowest BCUT2D eigenvalue weighted by Crippen LogP contribution is -2.05. The maximum atomic E-state index is 11.2. The molecular weight excluding hydrogens is 272 g/mol. The number of nitrogens with zero attached hydrogens (tertiary/aromatic N) is 1. The van der Waals surface area contributed by atoms with Crippen LogP contribution in [0.5, 0.6) is 11.5 Å². The number of hydrogen-bond acceptors (Lipinski definition) is 5. The number of aromatic carboxylic acids is 1. The largest absolute Gasteiger partial charge is 0.497 e. The molecule has 0 spiro atoms. The quantitative estimate of drug-likeness (QED) is 0.880. The number of anilines is 2. The molecule has 6 nitrogen and oxygen atoms in total. The van der Waals surface area contributed by atoms with Crippen molar-refractivity contribution < 1.29 is 19.4 Å². The predicted octanol–water partition coefficient (Wildman–Crippen LogP) is 2.85. The minimum Gasteiger partial charge on any atom is -0.497 e. The molecule has 1 aromatic heterocycles. The van der Waals surface area contributed by atoms with Crippen molar-refractivity contribution in [1.29, 1.82) is 0 Å². The van der Waals surface area contributed by atoms with Gasteiger partial charge in [-0.15, -0.1) is 0 Å². The number of methoxy groups -OCH3 is 2. The zero-order valence-corrected chi connectivity index (χ0v) is 12.0. The Hall–Kier alpha value is -2.76. The van der Waals surface area contributed by atoms with Gasteiger partial charge in [-0.25, -0.2) is 4.79 Å². The molecule has 0 radical (unpaired) electrons. The molecule has 0 aliphatic carbocycles. The monoisotopic (exact) mass is 288 g/mol. The van der Waals surface area contributed by atoms with Crippen LogP contribution in [0.1, 0.15) is 16.1 Å². The van der Waals surface area contributed by atoms with Gasteiger partial charge in [0.15, 0.2) is 0 Å². The van der Waals surface area contributed by atoms with E-state index in [4.69, 9.17) is 9.47 Å². The Morgan fingerprint density at radius 2 is 1.95 bits per heavy atom. The number of nitrogens with one attached hydrogen (secondary N) is 1. The van der Waals surface area contributed by atoms with Gasteiger partial charge in [0, 0.05) is 18.0 Å². The van der Waals surface area contributed by atoms with E-state index in [1.165, 1.54) is 13.3 Å². The standard InChI is InChI=1S/C15H16N2O4/c1-9-6-13(11(8-16-9)15(18)19)17-12-5-4-10(20-2)7-14(12)21-3/h4-8H,1-3H3,(H,16,17)(H,18,19). The minimum atomic E-state index is -1.04. The first kappa shape index (κ1) is 14.6. The van der Waals surface area contributed by atoms with Gasteiger partial charge in [0.1, 0.15) is 17.1 Å². The van der Waals surface area contributed by atoms with Crippen molar-refractivity contribution in [2.75, 3.05) is 19.5 Å². The van der Waals surface area contributed by atoms with Crippen LogP contribution < -0.4 is 14.8 Å². The molecule has 1 heterocycles. The molecule has 0 unspecified atom stereocenters. The molecule has 2 aromatic rings. The van der Waals surface area contributed by atoms with Crippen molar-refractivity contribution in [3.8, 4) is 11.5 Å². The first-order valence-corrected chi connectivity index (χ1v) is 6.24. The maximum absolute atomic E-state index is 11.2. The van der Waals surface area contributed by atoms with Crippen molar-refractivity contribution >= 4 is 17.3 Å². The van der Waals surface area contributed by atoms with Gasteiger partial charge >= 0.3 is 5.97 Å². The Balaban J connectivity index is 2.42. The summed E-state index contributed by atoms with van der Waals surface area (Å²) >= 11 is 0. The summed E-state index contributed by atoms with van der Waals surface area (Å²) in [6, 6.07) is 6.92. The molecule has 0 amide bonds. The Morgan fingerprint density at radius 3 is 2.57 bits per heavy atom. The smallest absolute Gasteiger partial charge is 0.339 e. The van der Waals surface area contributed by atoms with Crippen LogP contribution >= 0.6 is 0 Å². The van der Waals surface area contributed by atoms with Gasteiger partial charge in [-0.1, -0.05) is 0 Å². The summed E-state index contributed by atoms with van der Waals surface area (Å²) < 4.78 is 10.4. The molecule has 2 N–H and O–H groups in total. The van der Waals surface area contributed by atoms with E-state index < -0.39 is 5.97 Å². The first-order chi connectivity index (χ1) is 10.0. The molecule has 21 heavy (non-hydrogen) atoms. The highest BCUT2D eigenvalue weighted by atomic mass is 16.5. The average Bonchev–Trinajstić information content (AvgIpc) is 2.47. The highest BCUT2D eigenvalue weighted by molar-refractivity contribution is 5.95. The SMILES string of the molecule is COc1ccc(Nc2cc(C)ncc2C(=O)O)c(OC)c1. The molecule has 0 saturated heterocycles. The van der Waals surface area contributed by atoms with Gasteiger partial charge in [0.2, 0.25) is 0 Å². The number of rotatable bonds is 5. The lowest BCUT2D eigenvalue weighted by molar-refractivity contribution is 0.0697. The average molecular weight is 288 g/mol. The van der Waals surface area contributed by atoms with Crippen LogP contribution in [0.15, 0.2) is 30.5 Å². The number of aromatic nitrogens is 1. The van der Waals surface area contributed by atoms with E-state index in [2.05, 4.69) is 10.3 Å². The Morgan fingerprint density at radius 1 is 1.19 bits per heavy atom. The number of carboxylic acids is 1. The van der Waals surface area contributed by atoms with Crippen LogP contribution in [0, 0.1) is 6.92 Å². The van der Waals surface area contributed by atoms with Crippen molar-refractivity contribution in [1.82, 2.24) is 4.98 Å². The molecule has 6 heteroatoms. The number of ether oxygens (including phenoxy) is 2. The fourth-order valence-corrected chi connectivity index (χ4v) is 1.88. The third kappa shape index (κ3) is 3.22. The van der Waals surface area contributed by atoms with Gasteiger partial charge < -0.3 is 19.9 Å². The number of benzene rings is 1. The number of pyridine rings is 1. The number of carbonyl (C=O) groups is 1. The minimum absolute atomic E-state index is 0.0958. The molecule has 0 aliphatic heterocycles. The lowest BCUT2D eigenvalue weighted by atomic mass is 10.2. The molecule has 2 rings (SSSR count). The van der Waals surface area contributed by atoms with Gasteiger partial charge in [-0.05, 0) is 25.1 Å². The molecule has 0 atom stereocenters. The Labute approximate surface area is 122 Å². The molecule has 110 valence electrons. The van der Waals surface area contributed by atoms with Crippen molar-refractivity contribution in [2.24, 2.45) is 0 Å². The third-order valence-corrected chi connectivity index (χ3v) is 2.95. The predicted molar refractivity (Wildman–Crippen MR) is 78.8 cm³/mol. The topological polar surface area (TPSA) is 80.7 Å². The zero-order valence-electron chi connectivity index (χ0n) is 12.0. The highest BCUT2D eigenvalue weighted by Gasteiger charge is 2.13. The maximum Gasteiger partial charge on any atom is 0.339 e. The van der Waals surface area contributed by atoms with E-state index in [0.29, 0.717) is 22.9 Å². The van der Waals surface area contributed by atoms with E-state index in [1.54, 1.807) is 38.3 Å². The second-order valence-electron chi connectivity index (χ2n) is 4.37. The molecule has 1 aromatic carbocycles. The van der Waals surface area contributed by atoms with Gasteiger partial charge in [-0.3, -0.25) is 4.98 Å². The van der Waals surface area contributed by atoms with E-state index in [9.17, 15) is 9.90 Å². The fourth-order valence-electron chi connectivity index (χ4n) is 1.88. The van der Waals surface area contributed by atoms with Crippen LogP contribution in [0.2, 0.25) is 0 Å². The Bertz CT molecular complexity index is 671. The number of hydrogen-bond donors (Lipinski definition) is 2. The number of carboxylic acid groups (broad SMARTS) is 1.